The molecule has 0 saturated heterocycles. The smallest absolute Gasteiger partial charge is 0.328 e. The van der Waals surface area contributed by atoms with Crippen molar-refractivity contribution < 1.29 is 34.4 Å². The van der Waals surface area contributed by atoms with Gasteiger partial charge in [0.1, 0.15) is 6.04 Å². The zero-order valence-electron chi connectivity index (χ0n) is 20.7. The molecule has 8 nitrogen and oxygen atoms in total. The van der Waals surface area contributed by atoms with Gasteiger partial charge < -0.3 is 25.4 Å². The van der Waals surface area contributed by atoms with Crippen LogP contribution >= 0.6 is 22.6 Å². The van der Waals surface area contributed by atoms with Gasteiger partial charge in [-0.15, -0.1) is 0 Å². The van der Waals surface area contributed by atoms with Crippen LogP contribution in [0.15, 0.2) is 23.8 Å². The topological polar surface area (TPSA) is 133 Å². The van der Waals surface area contributed by atoms with E-state index in [0.29, 0.717) is 37.7 Å². The largest absolute Gasteiger partial charge is 0.467 e. The van der Waals surface area contributed by atoms with Gasteiger partial charge in [-0.05, 0) is 55.4 Å². The molecule has 1 spiro atoms. The predicted octanol–water partition coefficient (Wildman–Crippen LogP) is 2.04. The van der Waals surface area contributed by atoms with Gasteiger partial charge in [0.15, 0.2) is 0 Å². The average Bonchev–Trinajstić information content (AvgIpc) is 3.19. The molecule has 0 aromatic rings. The van der Waals surface area contributed by atoms with Crippen LogP contribution in [0.1, 0.15) is 52.9 Å². The summed E-state index contributed by atoms with van der Waals surface area (Å²) in [4.78, 5) is 39.8. The van der Waals surface area contributed by atoms with Crippen LogP contribution in [0.5, 0.6) is 0 Å². The lowest BCUT2D eigenvalue weighted by atomic mass is 9.60. The molecule has 4 rings (SSSR count). The van der Waals surface area contributed by atoms with Crippen LogP contribution in [0.3, 0.4) is 0 Å². The van der Waals surface area contributed by atoms with E-state index < -0.39 is 58.4 Å². The molecule has 0 unspecified atom stereocenters. The minimum atomic E-state index is -1.42. The third-order valence-electron chi connectivity index (χ3n) is 9.70. The average molecular weight is 601 g/mol. The highest BCUT2D eigenvalue weighted by Crippen LogP contribution is 2.73. The molecule has 194 valence electrons. The van der Waals surface area contributed by atoms with Crippen molar-refractivity contribution in [3.05, 3.63) is 23.8 Å². The van der Waals surface area contributed by atoms with Crippen molar-refractivity contribution in [1.29, 1.82) is 0 Å². The fourth-order valence-electron chi connectivity index (χ4n) is 7.58. The molecule has 0 aliphatic heterocycles. The third kappa shape index (κ3) is 3.67. The second-order valence-corrected chi connectivity index (χ2v) is 12.3. The van der Waals surface area contributed by atoms with Crippen molar-refractivity contribution in [3.8, 4) is 0 Å². The van der Waals surface area contributed by atoms with Crippen LogP contribution in [-0.4, -0.2) is 61.9 Å². The van der Waals surface area contributed by atoms with Gasteiger partial charge in [-0.2, -0.15) is 0 Å². The Morgan fingerprint density at radius 2 is 2.00 bits per heavy atom. The molecule has 4 aliphatic rings. The summed E-state index contributed by atoms with van der Waals surface area (Å²) in [6.45, 7) is 9.53. The predicted molar refractivity (Wildman–Crippen MR) is 136 cm³/mol. The molecule has 1 amide bonds. The summed E-state index contributed by atoms with van der Waals surface area (Å²) in [6.07, 6.45) is 1.43. The number of aliphatic hydroxyl groups excluding tert-OH is 2. The maximum Gasteiger partial charge on any atom is 0.328 e. The van der Waals surface area contributed by atoms with Gasteiger partial charge in [-0.3, -0.25) is 9.59 Å². The van der Waals surface area contributed by atoms with Crippen molar-refractivity contribution in [1.82, 2.24) is 5.32 Å². The van der Waals surface area contributed by atoms with Crippen LogP contribution in [0.25, 0.3) is 0 Å². The quantitative estimate of drug-likeness (QED) is 0.159. The maximum absolute atomic E-state index is 14.2. The number of rotatable bonds is 6. The molecule has 4 aliphatic carbocycles. The fourth-order valence-corrected chi connectivity index (χ4v) is 8.24. The number of carbonyl (C=O) groups excluding carboxylic acids is 3. The van der Waals surface area contributed by atoms with E-state index in [1.807, 2.05) is 13.8 Å². The van der Waals surface area contributed by atoms with Crippen molar-refractivity contribution in [2.24, 2.45) is 34.5 Å². The van der Waals surface area contributed by atoms with Gasteiger partial charge in [0.05, 0.1) is 36.3 Å². The molecule has 0 radical (unpaired) electrons. The first-order valence-corrected chi connectivity index (χ1v) is 13.4. The molecular formula is C26H36INO7. The summed E-state index contributed by atoms with van der Waals surface area (Å²) in [6, 6.07) is -0.867. The molecule has 4 N–H and O–H groups in total. The summed E-state index contributed by atoms with van der Waals surface area (Å²) in [5.41, 5.74) is -1.77. The van der Waals surface area contributed by atoms with Crippen molar-refractivity contribution in [2.45, 2.75) is 76.7 Å². The van der Waals surface area contributed by atoms with Gasteiger partial charge in [-0.1, -0.05) is 38.5 Å². The molecule has 0 aromatic heterocycles. The Balaban J connectivity index is 1.87. The van der Waals surface area contributed by atoms with Crippen LogP contribution in [-0.2, 0) is 19.1 Å². The number of aliphatic hydroxyl groups is 3. The lowest BCUT2D eigenvalue weighted by Gasteiger charge is -2.46. The van der Waals surface area contributed by atoms with Crippen molar-refractivity contribution in [2.75, 3.05) is 7.11 Å². The number of allylic oxidation sites excluding steroid dienone is 1. The molecule has 35 heavy (non-hydrogen) atoms. The first-order chi connectivity index (χ1) is 16.3. The van der Waals surface area contributed by atoms with Gasteiger partial charge in [-0.25, -0.2) is 4.79 Å². The van der Waals surface area contributed by atoms with Gasteiger partial charge in [0.2, 0.25) is 9.70 Å². The van der Waals surface area contributed by atoms with Gasteiger partial charge in [0.25, 0.3) is 0 Å². The molecular weight excluding hydrogens is 565 g/mol. The summed E-state index contributed by atoms with van der Waals surface area (Å²) in [7, 11) is 1.28. The zero-order chi connectivity index (χ0) is 26.1. The molecule has 9 heteroatoms. The van der Waals surface area contributed by atoms with E-state index >= 15 is 0 Å². The first-order valence-electron chi connectivity index (χ1n) is 12.3. The van der Waals surface area contributed by atoms with Crippen LogP contribution in [0.4, 0.5) is 0 Å². The summed E-state index contributed by atoms with van der Waals surface area (Å²) >= 11 is 1.65. The van der Waals surface area contributed by atoms with E-state index in [0.717, 1.165) is 5.57 Å². The van der Waals surface area contributed by atoms with Crippen molar-refractivity contribution in [3.63, 3.8) is 0 Å². The molecule has 3 saturated carbocycles. The lowest BCUT2D eigenvalue weighted by molar-refractivity contribution is -0.152. The Kier molecular flexibility index (Phi) is 6.82. The number of fused-ring (bicyclic) bond motifs is 3. The first kappa shape index (κ1) is 26.8. The fraction of sp³-hybridized carbons (Fsp3) is 0.731. The maximum atomic E-state index is 14.2. The second-order valence-electron chi connectivity index (χ2n) is 11.3. The lowest BCUT2D eigenvalue weighted by Crippen LogP contribution is -2.58. The van der Waals surface area contributed by atoms with Gasteiger partial charge >= 0.3 is 5.97 Å². The van der Waals surface area contributed by atoms with Gasteiger partial charge in [0, 0.05) is 28.5 Å². The van der Waals surface area contributed by atoms with E-state index in [4.69, 9.17) is 4.74 Å². The normalized spacial score (nSPS) is 43.5. The van der Waals surface area contributed by atoms with Crippen LogP contribution < -0.4 is 5.32 Å². The number of methoxy groups -OCH3 is 1. The third-order valence-corrected chi connectivity index (χ3v) is 10.9. The number of ether oxygens (including phenoxy) is 1. The van der Waals surface area contributed by atoms with Crippen molar-refractivity contribution >= 4 is 38.3 Å². The summed E-state index contributed by atoms with van der Waals surface area (Å²) < 4.78 is 4.62. The van der Waals surface area contributed by atoms with E-state index in [9.17, 15) is 29.7 Å². The van der Waals surface area contributed by atoms with E-state index in [1.54, 1.807) is 35.6 Å². The van der Waals surface area contributed by atoms with Crippen LogP contribution in [0, 0.1) is 34.5 Å². The van der Waals surface area contributed by atoms with E-state index in [2.05, 4.69) is 11.9 Å². The highest BCUT2D eigenvalue weighted by molar-refractivity contribution is 14.1. The van der Waals surface area contributed by atoms with E-state index in [1.165, 1.54) is 7.11 Å². The zero-order valence-corrected chi connectivity index (χ0v) is 22.9. The Morgan fingerprint density at radius 1 is 1.34 bits per heavy atom. The number of nitrogens with one attached hydrogen (secondary N) is 1. The minimum Gasteiger partial charge on any atom is -0.467 e. The molecule has 0 heterocycles. The minimum absolute atomic E-state index is 0.153. The number of amides is 1. The highest BCUT2D eigenvalue weighted by Gasteiger charge is 2.73. The van der Waals surface area contributed by atoms with E-state index in [-0.39, 0.29) is 15.6 Å². The Bertz CT molecular complexity index is 996. The number of halogens is 1. The molecule has 2 bridgehead atoms. The standard InChI is InChI=1S/C26H36INO7/c1-6-12(2)19(22(32)35-5)28-21(31)18-17-14(9-16(29)20(30)24(17,4)23(27)33)15-7-8-26(34)11-25(15,18)10-13(26)3/h9,12,15-20,29-30,34H,3,6-8,10-11H2,1-2,4-5H3,(H,28,31)/t12-,15-,16+,17+,18+,19-,20-,24-,25-,26-/m0/s1. The summed E-state index contributed by atoms with van der Waals surface area (Å²) in [5.74, 6) is -2.76. The number of esters is 1. The Morgan fingerprint density at radius 3 is 2.57 bits per heavy atom. The monoisotopic (exact) mass is 601 g/mol. The molecule has 10 atom stereocenters. The molecule has 0 aromatic carbocycles. The highest BCUT2D eigenvalue weighted by atomic mass is 127. The number of hydrogen-bond acceptors (Lipinski definition) is 7. The second kappa shape index (κ2) is 8.92. The Labute approximate surface area is 219 Å². The Hall–Kier alpha value is -1.30. The number of carbonyl (C=O) groups is 3. The molecule has 3 fully saturated rings. The van der Waals surface area contributed by atoms with Crippen LogP contribution in [0.2, 0.25) is 0 Å². The number of hydrogen-bond donors (Lipinski definition) is 4. The SMILES string of the molecule is C=C1C[C@]23C[C@@]1(O)CC[C@H]2C1=C[C@@H](O)[C@H](O)[C@@](C)(C(=O)I)[C@H]1[C@@H]3C(=O)N[C@H](C(=O)OC)[C@@H](C)CC. The summed E-state index contributed by atoms with van der Waals surface area (Å²) in [5, 5.41) is 36.1.